The first-order chi connectivity index (χ1) is 9.47. The number of rotatable bonds is 1. The van der Waals surface area contributed by atoms with Crippen LogP contribution >= 0.6 is 0 Å². The van der Waals surface area contributed by atoms with Gasteiger partial charge < -0.3 is 5.73 Å². The Hall–Kier alpha value is -2.50. The summed E-state index contributed by atoms with van der Waals surface area (Å²) < 4.78 is 39.1. The average Bonchev–Trinajstić information content (AvgIpc) is 2.83. The maximum absolute atomic E-state index is 12.5. The molecule has 102 valence electrons. The van der Waals surface area contributed by atoms with Gasteiger partial charge in [0.1, 0.15) is 0 Å². The van der Waals surface area contributed by atoms with Crippen LogP contribution in [0.4, 0.5) is 18.9 Å². The SMILES string of the molecule is Nc1cccc2c1cnn2-c1ccc(C(F)(F)F)cc1. The topological polar surface area (TPSA) is 43.8 Å². The van der Waals surface area contributed by atoms with Crippen LogP contribution in [0.2, 0.25) is 0 Å². The molecule has 0 radical (unpaired) electrons. The standard InChI is InChI=1S/C14H10F3N3/c15-14(16,17)9-4-6-10(7-5-9)20-13-3-1-2-12(18)11(13)8-19-20/h1-8H,18H2. The van der Waals surface area contributed by atoms with Crippen molar-refractivity contribution in [1.82, 2.24) is 9.78 Å². The van der Waals surface area contributed by atoms with E-state index in [0.29, 0.717) is 11.4 Å². The zero-order valence-corrected chi connectivity index (χ0v) is 10.2. The van der Waals surface area contributed by atoms with E-state index < -0.39 is 11.7 Å². The summed E-state index contributed by atoms with van der Waals surface area (Å²) in [6, 6.07) is 10.2. The van der Waals surface area contributed by atoms with Gasteiger partial charge in [-0.1, -0.05) is 6.07 Å². The minimum atomic E-state index is -4.34. The fraction of sp³-hybridized carbons (Fsp3) is 0.0714. The van der Waals surface area contributed by atoms with Crippen LogP contribution in [0, 0.1) is 0 Å². The molecule has 1 heterocycles. The molecule has 3 aromatic rings. The maximum atomic E-state index is 12.5. The molecule has 0 aliphatic heterocycles. The van der Waals surface area contributed by atoms with Crippen molar-refractivity contribution in [2.75, 3.05) is 5.73 Å². The molecule has 0 saturated carbocycles. The second kappa shape index (κ2) is 4.26. The lowest BCUT2D eigenvalue weighted by Gasteiger charge is -2.08. The van der Waals surface area contributed by atoms with E-state index in [1.807, 2.05) is 6.07 Å². The number of nitrogens with two attached hydrogens (primary N) is 1. The summed E-state index contributed by atoms with van der Waals surface area (Å²) >= 11 is 0. The molecular weight excluding hydrogens is 267 g/mol. The lowest BCUT2D eigenvalue weighted by Crippen LogP contribution is -2.05. The van der Waals surface area contributed by atoms with Crippen LogP contribution in [-0.4, -0.2) is 9.78 Å². The van der Waals surface area contributed by atoms with Gasteiger partial charge in [-0.15, -0.1) is 0 Å². The first kappa shape index (κ1) is 12.5. The van der Waals surface area contributed by atoms with Crippen molar-refractivity contribution in [1.29, 1.82) is 0 Å². The highest BCUT2D eigenvalue weighted by atomic mass is 19.4. The van der Waals surface area contributed by atoms with Crippen molar-refractivity contribution in [3.63, 3.8) is 0 Å². The fourth-order valence-corrected chi connectivity index (χ4v) is 2.07. The Morgan fingerprint density at radius 1 is 1.00 bits per heavy atom. The van der Waals surface area contributed by atoms with Gasteiger partial charge in [0.05, 0.1) is 23.0 Å². The predicted octanol–water partition coefficient (Wildman–Crippen LogP) is 3.63. The molecule has 3 nitrogen and oxygen atoms in total. The van der Waals surface area contributed by atoms with E-state index in [1.165, 1.54) is 12.1 Å². The number of aromatic nitrogens is 2. The highest BCUT2D eigenvalue weighted by molar-refractivity contribution is 5.91. The Morgan fingerprint density at radius 2 is 1.70 bits per heavy atom. The van der Waals surface area contributed by atoms with Crippen molar-refractivity contribution in [2.45, 2.75) is 6.18 Å². The van der Waals surface area contributed by atoms with Crippen molar-refractivity contribution < 1.29 is 13.2 Å². The molecule has 2 N–H and O–H groups in total. The molecule has 0 atom stereocenters. The molecule has 0 aliphatic rings. The highest BCUT2D eigenvalue weighted by Gasteiger charge is 2.30. The molecule has 20 heavy (non-hydrogen) atoms. The smallest absolute Gasteiger partial charge is 0.398 e. The number of nitrogen functional groups attached to an aromatic ring is 1. The van der Waals surface area contributed by atoms with E-state index in [4.69, 9.17) is 5.73 Å². The molecule has 0 spiro atoms. The lowest BCUT2D eigenvalue weighted by atomic mass is 10.2. The Morgan fingerprint density at radius 3 is 2.35 bits per heavy atom. The first-order valence-electron chi connectivity index (χ1n) is 5.87. The Labute approximate surface area is 112 Å². The summed E-state index contributed by atoms with van der Waals surface area (Å²) in [5, 5.41) is 4.94. The molecular formula is C14H10F3N3. The van der Waals surface area contributed by atoms with Crippen molar-refractivity contribution in [2.24, 2.45) is 0 Å². The first-order valence-corrected chi connectivity index (χ1v) is 5.87. The van der Waals surface area contributed by atoms with Gasteiger partial charge in [0.15, 0.2) is 0 Å². The van der Waals surface area contributed by atoms with E-state index in [-0.39, 0.29) is 0 Å². The zero-order chi connectivity index (χ0) is 14.3. The van der Waals surface area contributed by atoms with Gasteiger partial charge in [-0.05, 0) is 36.4 Å². The van der Waals surface area contributed by atoms with Crippen LogP contribution in [-0.2, 0) is 6.18 Å². The molecule has 3 rings (SSSR count). The van der Waals surface area contributed by atoms with E-state index in [1.54, 1.807) is 23.0 Å². The summed E-state index contributed by atoms with van der Waals surface area (Å²) in [6.07, 6.45) is -2.74. The van der Waals surface area contributed by atoms with Gasteiger partial charge in [-0.3, -0.25) is 0 Å². The van der Waals surface area contributed by atoms with E-state index in [0.717, 1.165) is 23.0 Å². The van der Waals surface area contributed by atoms with Crippen molar-refractivity contribution in [3.8, 4) is 5.69 Å². The zero-order valence-electron chi connectivity index (χ0n) is 10.2. The van der Waals surface area contributed by atoms with Crippen LogP contribution in [0.25, 0.3) is 16.6 Å². The number of fused-ring (bicyclic) bond motifs is 1. The summed E-state index contributed by atoms with van der Waals surface area (Å²) in [5.41, 5.74) is 7.04. The van der Waals surface area contributed by atoms with Gasteiger partial charge in [-0.2, -0.15) is 18.3 Å². The normalized spacial score (nSPS) is 11.9. The molecule has 0 unspecified atom stereocenters. The van der Waals surface area contributed by atoms with E-state index in [2.05, 4.69) is 5.10 Å². The second-order valence-corrected chi connectivity index (χ2v) is 4.38. The minimum absolute atomic E-state index is 0.554. The number of benzene rings is 2. The van der Waals surface area contributed by atoms with Gasteiger partial charge in [0, 0.05) is 11.1 Å². The van der Waals surface area contributed by atoms with Gasteiger partial charge >= 0.3 is 6.18 Å². The molecule has 0 saturated heterocycles. The van der Waals surface area contributed by atoms with Gasteiger partial charge in [0.2, 0.25) is 0 Å². The Balaban J connectivity index is 2.10. The quantitative estimate of drug-likeness (QED) is 0.690. The number of alkyl halides is 3. The number of hydrogen-bond donors (Lipinski definition) is 1. The van der Waals surface area contributed by atoms with Crippen LogP contribution in [0.3, 0.4) is 0 Å². The number of nitrogens with zero attached hydrogens (tertiary/aromatic N) is 2. The number of hydrogen-bond acceptors (Lipinski definition) is 2. The third kappa shape index (κ3) is 1.99. The largest absolute Gasteiger partial charge is 0.416 e. The third-order valence-electron chi connectivity index (χ3n) is 3.09. The van der Waals surface area contributed by atoms with Gasteiger partial charge in [-0.25, -0.2) is 4.68 Å². The number of halogens is 3. The summed E-state index contributed by atoms with van der Waals surface area (Å²) in [7, 11) is 0. The minimum Gasteiger partial charge on any atom is -0.398 e. The molecule has 1 aromatic heterocycles. The summed E-state index contributed by atoms with van der Waals surface area (Å²) in [5.74, 6) is 0. The fourth-order valence-electron chi connectivity index (χ4n) is 2.07. The molecule has 0 amide bonds. The van der Waals surface area contributed by atoms with Crippen LogP contribution < -0.4 is 5.73 Å². The van der Waals surface area contributed by atoms with Crippen LogP contribution in [0.15, 0.2) is 48.7 Å². The van der Waals surface area contributed by atoms with Gasteiger partial charge in [0.25, 0.3) is 0 Å². The average molecular weight is 277 g/mol. The predicted molar refractivity (Wildman–Crippen MR) is 70.5 cm³/mol. The van der Waals surface area contributed by atoms with Crippen molar-refractivity contribution >= 4 is 16.6 Å². The summed E-state index contributed by atoms with van der Waals surface area (Å²) in [6.45, 7) is 0. The van der Waals surface area contributed by atoms with E-state index >= 15 is 0 Å². The molecule has 0 fully saturated rings. The van der Waals surface area contributed by atoms with Crippen molar-refractivity contribution in [3.05, 3.63) is 54.2 Å². The lowest BCUT2D eigenvalue weighted by molar-refractivity contribution is -0.137. The molecule has 2 aromatic carbocycles. The second-order valence-electron chi connectivity index (χ2n) is 4.38. The van der Waals surface area contributed by atoms with Crippen LogP contribution in [0.1, 0.15) is 5.56 Å². The molecule has 0 bridgehead atoms. The summed E-state index contributed by atoms with van der Waals surface area (Å²) in [4.78, 5) is 0. The Bertz CT molecular complexity index is 757. The van der Waals surface area contributed by atoms with E-state index in [9.17, 15) is 13.2 Å². The maximum Gasteiger partial charge on any atom is 0.416 e. The highest BCUT2D eigenvalue weighted by Crippen LogP contribution is 2.30. The third-order valence-corrected chi connectivity index (χ3v) is 3.09. The monoisotopic (exact) mass is 277 g/mol. The molecule has 0 aliphatic carbocycles. The van der Waals surface area contributed by atoms with Crippen LogP contribution in [0.5, 0.6) is 0 Å². The molecule has 6 heteroatoms. The Kier molecular flexibility index (Phi) is 2.67. The number of anilines is 1.